The molecule has 0 bridgehead atoms. The molecule has 0 aromatic rings. The van der Waals surface area contributed by atoms with Crippen LogP contribution in [0.5, 0.6) is 0 Å². The highest BCUT2D eigenvalue weighted by Crippen LogP contribution is 2.17. The Kier molecular flexibility index (Phi) is 5.05. The van der Waals surface area contributed by atoms with E-state index < -0.39 is 0 Å². The molecule has 1 aliphatic rings. The van der Waals surface area contributed by atoms with Crippen LogP contribution in [0.25, 0.3) is 0 Å². The van der Waals surface area contributed by atoms with Gasteiger partial charge in [-0.1, -0.05) is 0 Å². The van der Waals surface area contributed by atoms with E-state index >= 15 is 0 Å². The number of amides is 1. The van der Waals surface area contributed by atoms with Crippen LogP contribution in [0.2, 0.25) is 0 Å². The van der Waals surface area contributed by atoms with E-state index in [2.05, 4.69) is 5.32 Å². The maximum Gasteiger partial charge on any atom is 0.239 e. The number of rotatable bonds is 4. The number of ether oxygens (including phenoxy) is 1. The number of likely N-dealkylation sites (tertiary alicyclic amines) is 1. The van der Waals surface area contributed by atoms with Crippen molar-refractivity contribution in [1.82, 2.24) is 10.2 Å². The molecule has 0 radical (unpaired) electrons. The van der Waals surface area contributed by atoms with Crippen molar-refractivity contribution in [3.8, 4) is 0 Å². The zero-order valence-electron chi connectivity index (χ0n) is 9.95. The largest absolute Gasteiger partial charge is 0.384 e. The Hall–Kier alpha value is -0.610. The molecule has 1 heterocycles. The van der Waals surface area contributed by atoms with Crippen LogP contribution in [0.15, 0.2) is 0 Å². The zero-order valence-corrected chi connectivity index (χ0v) is 9.95. The molecule has 1 saturated heterocycles. The number of nitrogens with zero attached hydrogens (tertiary/aromatic N) is 1. The van der Waals surface area contributed by atoms with Gasteiger partial charge in [-0.15, -0.1) is 0 Å². The van der Waals surface area contributed by atoms with E-state index in [1.165, 1.54) is 0 Å². The summed E-state index contributed by atoms with van der Waals surface area (Å²) in [6.45, 7) is 4.48. The van der Waals surface area contributed by atoms with E-state index in [1.54, 1.807) is 7.11 Å². The first kappa shape index (κ1) is 12.5. The first-order chi connectivity index (χ1) is 7.19. The van der Waals surface area contributed by atoms with Crippen LogP contribution < -0.4 is 5.32 Å². The third-order valence-electron chi connectivity index (χ3n) is 3.13. The molecular weight excluding hydrogens is 192 g/mol. The summed E-state index contributed by atoms with van der Waals surface area (Å²) in [4.78, 5) is 13.8. The molecule has 1 rings (SSSR count). The molecule has 4 heteroatoms. The van der Waals surface area contributed by atoms with Gasteiger partial charge in [0.2, 0.25) is 5.91 Å². The summed E-state index contributed by atoms with van der Waals surface area (Å²) >= 11 is 0. The molecule has 1 unspecified atom stereocenters. The Morgan fingerprint density at radius 3 is 2.60 bits per heavy atom. The SMILES string of the molecule is CNC(C)C(=O)N1CCC(COC)CC1. The lowest BCUT2D eigenvalue weighted by atomic mass is 9.97. The minimum Gasteiger partial charge on any atom is -0.384 e. The van der Waals surface area contributed by atoms with E-state index in [9.17, 15) is 4.79 Å². The predicted octanol–water partition coefficient (Wildman–Crippen LogP) is 0.479. The van der Waals surface area contributed by atoms with Gasteiger partial charge in [-0.3, -0.25) is 4.79 Å². The van der Waals surface area contributed by atoms with Gasteiger partial charge in [-0.2, -0.15) is 0 Å². The first-order valence-electron chi connectivity index (χ1n) is 5.64. The Morgan fingerprint density at radius 2 is 2.13 bits per heavy atom. The summed E-state index contributed by atoms with van der Waals surface area (Å²) in [5.41, 5.74) is 0. The number of likely N-dealkylation sites (N-methyl/N-ethyl adjacent to an activating group) is 1. The average molecular weight is 214 g/mol. The third-order valence-corrected chi connectivity index (χ3v) is 3.13. The minimum atomic E-state index is -0.0658. The molecule has 1 amide bonds. The van der Waals surface area contributed by atoms with Crippen molar-refractivity contribution in [3.05, 3.63) is 0 Å². The molecule has 1 aliphatic heterocycles. The van der Waals surface area contributed by atoms with Gasteiger partial charge in [0, 0.05) is 26.8 Å². The number of carbonyl (C=O) groups is 1. The number of nitrogens with one attached hydrogen (secondary N) is 1. The van der Waals surface area contributed by atoms with E-state index in [-0.39, 0.29) is 11.9 Å². The summed E-state index contributed by atoms with van der Waals surface area (Å²) < 4.78 is 5.13. The molecule has 0 saturated carbocycles. The van der Waals surface area contributed by atoms with E-state index in [0.29, 0.717) is 5.92 Å². The van der Waals surface area contributed by atoms with Crippen molar-refractivity contribution in [2.45, 2.75) is 25.8 Å². The summed E-state index contributed by atoms with van der Waals surface area (Å²) in [6.07, 6.45) is 2.13. The highest BCUT2D eigenvalue weighted by Gasteiger charge is 2.24. The van der Waals surface area contributed by atoms with Crippen LogP contribution in [0, 0.1) is 5.92 Å². The normalized spacial score (nSPS) is 20.3. The molecule has 0 aliphatic carbocycles. The quantitative estimate of drug-likeness (QED) is 0.740. The summed E-state index contributed by atoms with van der Waals surface area (Å²) in [5, 5.41) is 2.98. The molecule has 1 atom stereocenters. The molecule has 1 N–H and O–H groups in total. The minimum absolute atomic E-state index is 0.0658. The molecule has 4 nitrogen and oxygen atoms in total. The smallest absolute Gasteiger partial charge is 0.239 e. The Bertz CT molecular complexity index is 201. The maximum absolute atomic E-state index is 11.8. The van der Waals surface area contributed by atoms with Gasteiger partial charge in [-0.05, 0) is 32.7 Å². The second-order valence-electron chi connectivity index (χ2n) is 4.23. The number of methoxy groups -OCH3 is 1. The van der Waals surface area contributed by atoms with Gasteiger partial charge < -0.3 is 15.0 Å². The molecular formula is C11H22N2O2. The van der Waals surface area contributed by atoms with E-state index in [4.69, 9.17) is 4.74 Å². The summed E-state index contributed by atoms with van der Waals surface area (Å²) in [6, 6.07) is -0.0658. The van der Waals surface area contributed by atoms with Gasteiger partial charge in [-0.25, -0.2) is 0 Å². The fourth-order valence-corrected chi connectivity index (χ4v) is 1.95. The summed E-state index contributed by atoms with van der Waals surface area (Å²) in [5.74, 6) is 0.845. The number of hydrogen-bond acceptors (Lipinski definition) is 3. The van der Waals surface area contributed by atoms with Crippen LogP contribution in [0.3, 0.4) is 0 Å². The van der Waals surface area contributed by atoms with E-state index in [1.807, 2.05) is 18.9 Å². The average Bonchev–Trinajstić information content (AvgIpc) is 2.28. The van der Waals surface area contributed by atoms with Crippen LogP contribution in [-0.2, 0) is 9.53 Å². The lowest BCUT2D eigenvalue weighted by Crippen LogP contribution is -2.47. The highest BCUT2D eigenvalue weighted by molar-refractivity contribution is 5.81. The van der Waals surface area contributed by atoms with Gasteiger partial charge in [0.1, 0.15) is 0 Å². The topological polar surface area (TPSA) is 41.6 Å². The maximum atomic E-state index is 11.8. The van der Waals surface area contributed by atoms with Gasteiger partial charge >= 0.3 is 0 Å². The monoisotopic (exact) mass is 214 g/mol. The fourth-order valence-electron chi connectivity index (χ4n) is 1.95. The number of hydrogen-bond donors (Lipinski definition) is 1. The van der Waals surface area contributed by atoms with Crippen molar-refractivity contribution in [2.24, 2.45) is 5.92 Å². The van der Waals surface area contributed by atoms with Crippen molar-refractivity contribution in [2.75, 3.05) is 33.9 Å². The van der Waals surface area contributed by atoms with Crippen LogP contribution in [0.4, 0.5) is 0 Å². The lowest BCUT2D eigenvalue weighted by molar-refractivity contribution is -0.134. The second kappa shape index (κ2) is 6.08. The molecule has 1 fully saturated rings. The molecule has 88 valence electrons. The Balaban J connectivity index is 2.33. The molecule has 0 spiro atoms. The van der Waals surface area contributed by atoms with Crippen molar-refractivity contribution in [1.29, 1.82) is 0 Å². The van der Waals surface area contributed by atoms with Gasteiger partial charge in [0.15, 0.2) is 0 Å². The van der Waals surface area contributed by atoms with E-state index in [0.717, 1.165) is 32.5 Å². The van der Waals surface area contributed by atoms with Crippen molar-refractivity contribution < 1.29 is 9.53 Å². The molecule has 15 heavy (non-hydrogen) atoms. The Morgan fingerprint density at radius 1 is 1.53 bits per heavy atom. The van der Waals surface area contributed by atoms with Crippen molar-refractivity contribution in [3.63, 3.8) is 0 Å². The van der Waals surface area contributed by atoms with Crippen LogP contribution >= 0.6 is 0 Å². The summed E-state index contributed by atoms with van der Waals surface area (Å²) in [7, 11) is 3.56. The molecule has 0 aromatic carbocycles. The fraction of sp³-hybridized carbons (Fsp3) is 0.909. The highest BCUT2D eigenvalue weighted by atomic mass is 16.5. The number of carbonyl (C=O) groups excluding carboxylic acids is 1. The zero-order chi connectivity index (χ0) is 11.3. The van der Waals surface area contributed by atoms with Crippen molar-refractivity contribution >= 4 is 5.91 Å². The molecule has 0 aromatic heterocycles. The standard InChI is InChI=1S/C11H22N2O2/c1-9(12-2)11(14)13-6-4-10(5-7-13)8-15-3/h9-10,12H,4-8H2,1-3H3. The Labute approximate surface area is 92.0 Å². The first-order valence-corrected chi connectivity index (χ1v) is 5.64. The lowest BCUT2D eigenvalue weighted by Gasteiger charge is -2.33. The second-order valence-corrected chi connectivity index (χ2v) is 4.23. The van der Waals surface area contributed by atoms with Gasteiger partial charge in [0.25, 0.3) is 0 Å². The number of piperidine rings is 1. The van der Waals surface area contributed by atoms with Crippen LogP contribution in [0.1, 0.15) is 19.8 Å². The predicted molar refractivity (Wildman–Crippen MR) is 59.7 cm³/mol. The third kappa shape index (κ3) is 3.47. The van der Waals surface area contributed by atoms with Crippen LogP contribution in [-0.4, -0.2) is 50.7 Å². The van der Waals surface area contributed by atoms with Gasteiger partial charge in [0.05, 0.1) is 6.04 Å².